The average molecular weight is 547 g/mol. The standard InChI is InChI=1S/C20H34N8O10/c21-9(3-5-14(30)31)16(34)26-11(4-6-15(32)33)18(36)27-10(2-1-7-25-20(23)24)17(35)28-12(19(37)38)8-13(22)29/h9-12H,1-8,21H2,(H2,22,29)(H,26,34)(H,27,36)(H,28,35)(H,30,31)(H,32,33)(H,37,38)(H4,23,24,25). The van der Waals surface area contributed by atoms with Crippen LogP contribution in [0.3, 0.4) is 0 Å². The van der Waals surface area contributed by atoms with Crippen LogP contribution in [0.25, 0.3) is 0 Å². The average Bonchev–Trinajstić information content (AvgIpc) is 2.80. The molecule has 0 fully saturated rings. The summed E-state index contributed by atoms with van der Waals surface area (Å²) in [5.41, 5.74) is 21.1. The number of aliphatic carboxylic acids is 3. The predicted molar refractivity (Wildman–Crippen MR) is 129 cm³/mol. The van der Waals surface area contributed by atoms with Gasteiger partial charge in [-0.05, 0) is 25.7 Å². The zero-order valence-corrected chi connectivity index (χ0v) is 20.4. The SMILES string of the molecule is NC(=O)CC(NC(=O)C(CCCN=C(N)N)NC(=O)C(CCC(=O)O)NC(=O)C(N)CCC(=O)O)C(=O)O. The number of hydrogen-bond acceptors (Lipinski definition) is 9. The highest BCUT2D eigenvalue weighted by Crippen LogP contribution is 2.06. The van der Waals surface area contributed by atoms with Crippen LogP contribution < -0.4 is 38.9 Å². The number of nitrogens with two attached hydrogens (primary N) is 4. The molecule has 0 saturated carbocycles. The number of aliphatic imine (C=N–C) groups is 1. The van der Waals surface area contributed by atoms with Gasteiger partial charge >= 0.3 is 17.9 Å². The molecule has 18 heteroatoms. The first kappa shape index (κ1) is 33.5. The lowest BCUT2D eigenvalue weighted by molar-refractivity contribution is -0.144. The molecule has 4 atom stereocenters. The summed E-state index contributed by atoms with van der Waals surface area (Å²) < 4.78 is 0. The number of carboxylic acids is 3. The first-order valence-corrected chi connectivity index (χ1v) is 11.3. The molecule has 0 bridgehead atoms. The van der Waals surface area contributed by atoms with E-state index >= 15 is 0 Å². The van der Waals surface area contributed by atoms with E-state index in [-0.39, 0.29) is 31.8 Å². The van der Waals surface area contributed by atoms with Crippen LogP contribution in [-0.2, 0) is 33.6 Å². The van der Waals surface area contributed by atoms with Crippen molar-refractivity contribution >= 4 is 47.5 Å². The number of carbonyl (C=O) groups excluding carboxylic acids is 4. The number of hydrogen-bond donors (Lipinski definition) is 10. The molecule has 0 radical (unpaired) electrons. The Labute approximate surface area is 216 Å². The van der Waals surface area contributed by atoms with Gasteiger partial charge in [0.15, 0.2) is 5.96 Å². The van der Waals surface area contributed by atoms with Gasteiger partial charge in [0.1, 0.15) is 18.1 Å². The maximum atomic E-state index is 12.9. The summed E-state index contributed by atoms with van der Waals surface area (Å²) in [5, 5.41) is 33.6. The van der Waals surface area contributed by atoms with Crippen molar-refractivity contribution < 1.29 is 48.9 Å². The van der Waals surface area contributed by atoms with Crippen LogP contribution in [0.15, 0.2) is 4.99 Å². The topological polar surface area (TPSA) is 333 Å². The molecule has 14 N–H and O–H groups in total. The molecular weight excluding hydrogens is 512 g/mol. The molecule has 0 aromatic rings. The number of nitrogens with zero attached hydrogens (tertiary/aromatic N) is 1. The number of rotatable bonds is 19. The minimum absolute atomic E-state index is 0.0310. The van der Waals surface area contributed by atoms with Gasteiger partial charge in [0, 0.05) is 19.4 Å². The first-order chi connectivity index (χ1) is 17.6. The number of guanidine groups is 1. The summed E-state index contributed by atoms with van der Waals surface area (Å²) in [5.74, 6) is -8.28. The molecule has 0 aliphatic rings. The van der Waals surface area contributed by atoms with Gasteiger partial charge in [-0.15, -0.1) is 0 Å². The third-order valence-corrected chi connectivity index (χ3v) is 4.88. The molecular formula is C20H34N8O10. The zero-order chi connectivity index (χ0) is 29.4. The summed E-state index contributed by atoms with van der Waals surface area (Å²) in [7, 11) is 0. The van der Waals surface area contributed by atoms with Crippen molar-refractivity contribution in [3.63, 3.8) is 0 Å². The molecule has 0 heterocycles. The van der Waals surface area contributed by atoms with E-state index < -0.39 is 91.4 Å². The molecule has 4 amide bonds. The number of carboxylic acid groups (broad SMARTS) is 3. The molecule has 0 spiro atoms. The molecule has 0 rings (SSSR count). The van der Waals surface area contributed by atoms with Crippen molar-refractivity contribution in [3.8, 4) is 0 Å². The van der Waals surface area contributed by atoms with E-state index in [1.807, 2.05) is 0 Å². The summed E-state index contributed by atoms with van der Waals surface area (Å²) in [6.45, 7) is 0.0310. The Morgan fingerprint density at radius 1 is 0.684 bits per heavy atom. The summed E-state index contributed by atoms with van der Waals surface area (Å²) in [6, 6.07) is -5.94. The van der Waals surface area contributed by atoms with E-state index in [1.165, 1.54) is 0 Å². The van der Waals surface area contributed by atoms with Gasteiger partial charge < -0.3 is 54.2 Å². The molecule has 38 heavy (non-hydrogen) atoms. The van der Waals surface area contributed by atoms with E-state index in [1.54, 1.807) is 0 Å². The Hall–Kier alpha value is -4.48. The van der Waals surface area contributed by atoms with Crippen molar-refractivity contribution in [2.45, 2.75) is 69.1 Å². The first-order valence-electron chi connectivity index (χ1n) is 11.3. The second kappa shape index (κ2) is 17.1. The van der Waals surface area contributed by atoms with E-state index in [2.05, 4.69) is 20.9 Å². The lowest BCUT2D eigenvalue weighted by atomic mass is 10.1. The number of carbonyl (C=O) groups is 7. The quantitative estimate of drug-likeness (QED) is 0.0415. The van der Waals surface area contributed by atoms with Crippen LogP contribution in [0.4, 0.5) is 0 Å². The maximum absolute atomic E-state index is 12.9. The Balaban J connectivity index is 5.72. The van der Waals surface area contributed by atoms with E-state index in [4.69, 9.17) is 33.1 Å². The van der Waals surface area contributed by atoms with Crippen molar-refractivity contribution in [2.24, 2.45) is 27.9 Å². The molecule has 0 aliphatic carbocycles. The largest absolute Gasteiger partial charge is 0.481 e. The highest BCUT2D eigenvalue weighted by Gasteiger charge is 2.31. The Morgan fingerprint density at radius 2 is 1.16 bits per heavy atom. The van der Waals surface area contributed by atoms with Gasteiger partial charge in [-0.3, -0.25) is 33.8 Å². The number of primary amides is 1. The highest BCUT2D eigenvalue weighted by molar-refractivity contribution is 5.95. The Bertz CT molecular complexity index is 921. The highest BCUT2D eigenvalue weighted by atomic mass is 16.4. The fraction of sp³-hybridized carbons (Fsp3) is 0.600. The minimum Gasteiger partial charge on any atom is -0.481 e. The van der Waals surface area contributed by atoms with Crippen LogP contribution in [0.1, 0.15) is 44.9 Å². The van der Waals surface area contributed by atoms with Crippen molar-refractivity contribution in [1.29, 1.82) is 0 Å². The summed E-state index contributed by atoms with van der Waals surface area (Å²) in [6.07, 6.45) is -2.42. The van der Waals surface area contributed by atoms with Gasteiger partial charge in [-0.1, -0.05) is 0 Å². The van der Waals surface area contributed by atoms with Crippen molar-refractivity contribution in [1.82, 2.24) is 16.0 Å². The minimum atomic E-state index is -1.70. The van der Waals surface area contributed by atoms with Crippen LogP contribution in [-0.4, -0.2) is 93.5 Å². The molecule has 18 nitrogen and oxygen atoms in total. The van der Waals surface area contributed by atoms with Crippen LogP contribution in [0.2, 0.25) is 0 Å². The zero-order valence-electron chi connectivity index (χ0n) is 20.4. The summed E-state index contributed by atoms with van der Waals surface area (Å²) >= 11 is 0. The second-order valence-electron chi connectivity index (χ2n) is 8.11. The number of amides is 4. The van der Waals surface area contributed by atoms with Crippen LogP contribution in [0, 0.1) is 0 Å². The van der Waals surface area contributed by atoms with Gasteiger partial charge in [0.05, 0.1) is 12.5 Å². The second-order valence-corrected chi connectivity index (χ2v) is 8.11. The molecule has 0 aliphatic heterocycles. The predicted octanol–water partition coefficient (Wildman–Crippen LogP) is -4.49. The fourth-order valence-electron chi connectivity index (χ4n) is 2.94. The third kappa shape index (κ3) is 14.8. The van der Waals surface area contributed by atoms with E-state index in [0.29, 0.717) is 0 Å². The maximum Gasteiger partial charge on any atom is 0.326 e. The molecule has 0 aromatic carbocycles. The van der Waals surface area contributed by atoms with E-state index in [0.717, 1.165) is 0 Å². The van der Waals surface area contributed by atoms with Crippen molar-refractivity contribution in [3.05, 3.63) is 0 Å². The Morgan fingerprint density at radius 3 is 1.63 bits per heavy atom. The fourth-order valence-corrected chi connectivity index (χ4v) is 2.94. The molecule has 0 aromatic heterocycles. The van der Waals surface area contributed by atoms with Crippen LogP contribution >= 0.6 is 0 Å². The monoisotopic (exact) mass is 546 g/mol. The smallest absolute Gasteiger partial charge is 0.326 e. The Kier molecular flexibility index (Phi) is 15.0. The van der Waals surface area contributed by atoms with Gasteiger partial charge in [0.2, 0.25) is 23.6 Å². The van der Waals surface area contributed by atoms with Gasteiger partial charge in [0.25, 0.3) is 0 Å². The van der Waals surface area contributed by atoms with Crippen LogP contribution in [0.5, 0.6) is 0 Å². The lowest BCUT2D eigenvalue weighted by Crippen LogP contribution is -2.57. The van der Waals surface area contributed by atoms with Crippen molar-refractivity contribution in [2.75, 3.05) is 6.54 Å². The van der Waals surface area contributed by atoms with Gasteiger partial charge in [-0.2, -0.15) is 0 Å². The molecule has 0 saturated heterocycles. The normalized spacial score (nSPS) is 13.6. The third-order valence-electron chi connectivity index (χ3n) is 4.88. The molecule has 4 unspecified atom stereocenters. The number of nitrogens with one attached hydrogen (secondary N) is 3. The lowest BCUT2D eigenvalue weighted by Gasteiger charge is -2.25. The molecule has 214 valence electrons. The van der Waals surface area contributed by atoms with E-state index in [9.17, 15) is 38.7 Å². The summed E-state index contributed by atoms with van der Waals surface area (Å²) in [4.78, 5) is 86.1. The van der Waals surface area contributed by atoms with Gasteiger partial charge in [-0.25, -0.2) is 4.79 Å².